The Morgan fingerprint density at radius 2 is 1.89 bits per heavy atom. The summed E-state index contributed by atoms with van der Waals surface area (Å²) in [6.45, 7) is 0.180. The molecule has 142 valence electrons. The number of ether oxygens (including phenoxy) is 1. The van der Waals surface area contributed by atoms with Crippen LogP contribution in [0.5, 0.6) is 5.75 Å². The van der Waals surface area contributed by atoms with Gasteiger partial charge in [0, 0.05) is 12.4 Å². The first kappa shape index (κ1) is 16.8. The maximum Gasteiger partial charge on any atom is 0.262 e. The van der Waals surface area contributed by atoms with E-state index in [2.05, 4.69) is 15.1 Å². The molecule has 0 amide bonds. The molecule has 0 spiro atoms. The lowest BCUT2D eigenvalue weighted by Gasteiger charge is -2.13. The van der Waals surface area contributed by atoms with Crippen LogP contribution in [0.4, 0.5) is 0 Å². The van der Waals surface area contributed by atoms with Gasteiger partial charge in [-0.15, -0.1) is 0 Å². The molecule has 5 rings (SSSR count). The summed E-state index contributed by atoms with van der Waals surface area (Å²) in [6, 6.07) is 12.1. The number of aromatic nitrogens is 5. The molecule has 3 aromatic heterocycles. The number of para-hydroxylation sites is 2. The van der Waals surface area contributed by atoms with Crippen LogP contribution >= 0.6 is 0 Å². The zero-order chi connectivity index (χ0) is 18.9. The highest BCUT2D eigenvalue weighted by Crippen LogP contribution is 2.30. The van der Waals surface area contributed by atoms with Crippen molar-refractivity contribution in [2.75, 3.05) is 0 Å². The molecular weight excluding hydrogens is 354 g/mol. The van der Waals surface area contributed by atoms with Gasteiger partial charge in [-0.05, 0) is 37.1 Å². The van der Waals surface area contributed by atoms with Crippen LogP contribution in [0.2, 0.25) is 0 Å². The van der Waals surface area contributed by atoms with E-state index in [0.29, 0.717) is 22.9 Å². The Morgan fingerprint density at radius 1 is 1.11 bits per heavy atom. The van der Waals surface area contributed by atoms with Gasteiger partial charge in [-0.3, -0.25) is 4.79 Å². The number of hydrogen-bond acceptors (Lipinski definition) is 4. The Bertz CT molecular complexity index is 1150. The summed E-state index contributed by atoms with van der Waals surface area (Å²) >= 11 is 0. The van der Waals surface area contributed by atoms with Gasteiger partial charge in [-0.25, -0.2) is 9.67 Å². The third kappa shape index (κ3) is 2.98. The highest BCUT2D eigenvalue weighted by atomic mass is 16.5. The average molecular weight is 375 g/mol. The van der Waals surface area contributed by atoms with Crippen LogP contribution in [0.3, 0.4) is 0 Å². The quantitative estimate of drug-likeness (QED) is 0.578. The highest BCUT2D eigenvalue weighted by molar-refractivity contribution is 5.73. The van der Waals surface area contributed by atoms with E-state index in [1.807, 2.05) is 58.0 Å². The van der Waals surface area contributed by atoms with E-state index in [1.54, 1.807) is 6.20 Å². The number of H-pyrrole nitrogens is 1. The minimum absolute atomic E-state index is 0.174. The molecule has 1 fully saturated rings. The summed E-state index contributed by atoms with van der Waals surface area (Å²) in [5.74, 6) is 1.23. The fourth-order valence-corrected chi connectivity index (χ4v) is 3.90. The van der Waals surface area contributed by atoms with Crippen LogP contribution in [0, 0.1) is 0 Å². The normalized spacial score (nSPS) is 14.7. The lowest BCUT2D eigenvalue weighted by atomic mass is 10.2. The Labute approximate surface area is 161 Å². The Kier molecular flexibility index (Phi) is 4.20. The molecule has 1 N–H and O–H groups in total. The topological polar surface area (TPSA) is 77.7 Å². The summed E-state index contributed by atoms with van der Waals surface area (Å²) in [4.78, 5) is 20.0. The van der Waals surface area contributed by atoms with E-state index in [-0.39, 0.29) is 12.2 Å². The second-order valence-corrected chi connectivity index (χ2v) is 7.12. The predicted octanol–water partition coefficient (Wildman–Crippen LogP) is 3.60. The molecule has 7 heteroatoms. The van der Waals surface area contributed by atoms with Gasteiger partial charge in [0.1, 0.15) is 23.6 Å². The maximum absolute atomic E-state index is 12.5. The van der Waals surface area contributed by atoms with Crippen LogP contribution in [0.25, 0.3) is 16.7 Å². The Balaban J connectivity index is 1.45. The lowest BCUT2D eigenvalue weighted by molar-refractivity contribution is 0.295. The first-order chi connectivity index (χ1) is 13.8. The van der Waals surface area contributed by atoms with Crippen molar-refractivity contribution in [1.82, 2.24) is 24.3 Å². The monoisotopic (exact) mass is 375 g/mol. The molecule has 1 aromatic carbocycles. The van der Waals surface area contributed by atoms with Crippen LogP contribution < -0.4 is 10.3 Å². The van der Waals surface area contributed by atoms with Gasteiger partial charge in [-0.1, -0.05) is 25.0 Å². The second-order valence-electron chi connectivity index (χ2n) is 7.12. The fourth-order valence-electron chi connectivity index (χ4n) is 3.90. The standard InChI is InChI=1S/C21H21N5O2/c27-21-16-13-22-26(15-7-1-2-8-15)20(16)23-19(24-21)14-28-18-10-4-3-9-17(18)25-11-5-6-12-25/h3-6,9-13,15H,1-2,7-8,14H2,(H,23,24,27). The average Bonchev–Trinajstić information content (AvgIpc) is 3.47. The molecule has 1 aliphatic carbocycles. The van der Waals surface area contributed by atoms with E-state index < -0.39 is 0 Å². The van der Waals surface area contributed by atoms with E-state index in [0.717, 1.165) is 24.3 Å². The predicted molar refractivity (Wildman–Crippen MR) is 106 cm³/mol. The number of benzene rings is 1. The molecule has 1 saturated carbocycles. The molecule has 0 saturated heterocycles. The largest absolute Gasteiger partial charge is 0.483 e. The number of hydrogen-bond donors (Lipinski definition) is 1. The summed E-state index contributed by atoms with van der Waals surface area (Å²) < 4.78 is 9.91. The van der Waals surface area contributed by atoms with Gasteiger partial charge in [-0.2, -0.15) is 5.10 Å². The minimum atomic E-state index is -0.174. The van der Waals surface area contributed by atoms with E-state index >= 15 is 0 Å². The third-order valence-corrected chi connectivity index (χ3v) is 5.30. The molecule has 1 aliphatic rings. The number of nitrogens with zero attached hydrogens (tertiary/aromatic N) is 4. The van der Waals surface area contributed by atoms with Gasteiger partial charge in [0.25, 0.3) is 5.56 Å². The summed E-state index contributed by atoms with van der Waals surface area (Å²) in [5, 5.41) is 4.97. The van der Waals surface area contributed by atoms with Gasteiger partial charge in [0.05, 0.1) is 17.9 Å². The zero-order valence-electron chi connectivity index (χ0n) is 15.4. The minimum Gasteiger partial charge on any atom is -0.483 e. The summed E-state index contributed by atoms with van der Waals surface area (Å²) in [5.41, 5.74) is 1.41. The first-order valence-electron chi connectivity index (χ1n) is 9.61. The van der Waals surface area contributed by atoms with Crippen molar-refractivity contribution in [2.24, 2.45) is 0 Å². The van der Waals surface area contributed by atoms with Crippen LogP contribution in [0.1, 0.15) is 37.5 Å². The van der Waals surface area contributed by atoms with Crippen molar-refractivity contribution in [1.29, 1.82) is 0 Å². The molecule has 7 nitrogen and oxygen atoms in total. The van der Waals surface area contributed by atoms with Crippen molar-refractivity contribution < 1.29 is 4.74 Å². The number of fused-ring (bicyclic) bond motifs is 1. The molecule has 0 bridgehead atoms. The zero-order valence-corrected chi connectivity index (χ0v) is 15.4. The Morgan fingerprint density at radius 3 is 2.71 bits per heavy atom. The second kappa shape index (κ2) is 6.99. The molecular formula is C21H21N5O2. The molecule has 0 radical (unpaired) electrons. The SMILES string of the molecule is O=c1[nH]c(COc2ccccc2-n2cccc2)nc2c1cnn2C1CCCC1. The Hall–Kier alpha value is -3.35. The lowest BCUT2D eigenvalue weighted by Crippen LogP contribution is -2.15. The van der Waals surface area contributed by atoms with E-state index in [4.69, 9.17) is 4.74 Å². The number of nitrogens with one attached hydrogen (secondary N) is 1. The molecule has 0 aliphatic heterocycles. The molecule has 28 heavy (non-hydrogen) atoms. The maximum atomic E-state index is 12.5. The van der Waals surface area contributed by atoms with Crippen molar-refractivity contribution in [3.63, 3.8) is 0 Å². The van der Waals surface area contributed by atoms with E-state index in [1.165, 1.54) is 12.8 Å². The fraction of sp³-hybridized carbons (Fsp3) is 0.286. The molecule has 0 unspecified atom stereocenters. The van der Waals surface area contributed by atoms with Crippen LogP contribution in [-0.4, -0.2) is 24.3 Å². The van der Waals surface area contributed by atoms with E-state index in [9.17, 15) is 4.79 Å². The van der Waals surface area contributed by atoms with Crippen molar-refractivity contribution in [3.05, 3.63) is 71.2 Å². The van der Waals surface area contributed by atoms with Gasteiger partial charge >= 0.3 is 0 Å². The third-order valence-electron chi connectivity index (χ3n) is 5.30. The molecule has 0 atom stereocenters. The van der Waals surface area contributed by atoms with Crippen molar-refractivity contribution >= 4 is 11.0 Å². The smallest absolute Gasteiger partial charge is 0.262 e. The molecule has 4 aromatic rings. The van der Waals surface area contributed by atoms with Crippen molar-refractivity contribution in [3.8, 4) is 11.4 Å². The summed E-state index contributed by atoms with van der Waals surface area (Å²) in [7, 11) is 0. The van der Waals surface area contributed by atoms with Crippen LogP contribution in [0.15, 0.2) is 59.8 Å². The first-order valence-corrected chi connectivity index (χ1v) is 9.61. The highest BCUT2D eigenvalue weighted by Gasteiger charge is 2.21. The number of rotatable bonds is 5. The summed E-state index contributed by atoms with van der Waals surface area (Å²) in [6.07, 6.45) is 10.1. The van der Waals surface area contributed by atoms with Gasteiger partial charge in [0.2, 0.25) is 0 Å². The molecule has 3 heterocycles. The number of aromatic amines is 1. The van der Waals surface area contributed by atoms with Crippen molar-refractivity contribution in [2.45, 2.75) is 38.3 Å². The van der Waals surface area contributed by atoms with Gasteiger partial charge in [0.15, 0.2) is 5.65 Å². The van der Waals surface area contributed by atoms with Crippen LogP contribution in [-0.2, 0) is 6.61 Å². The van der Waals surface area contributed by atoms with Gasteiger partial charge < -0.3 is 14.3 Å².